The van der Waals surface area contributed by atoms with Crippen molar-refractivity contribution in [3.63, 3.8) is 0 Å². The van der Waals surface area contributed by atoms with Crippen molar-refractivity contribution >= 4 is 11.5 Å². The van der Waals surface area contributed by atoms with Crippen LogP contribution in [-0.4, -0.2) is 34.4 Å². The highest BCUT2D eigenvalue weighted by Crippen LogP contribution is 2.12. The van der Waals surface area contributed by atoms with Crippen LogP contribution in [0.2, 0.25) is 0 Å². The molecule has 2 rings (SSSR count). The Hall–Kier alpha value is -1.62. The predicted octanol–water partition coefficient (Wildman–Crippen LogP) is 2.27. The van der Waals surface area contributed by atoms with Gasteiger partial charge in [-0.2, -0.15) is 9.61 Å². The summed E-state index contributed by atoms with van der Waals surface area (Å²) in [6.07, 6.45) is 3.64. The van der Waals surface area contributed by atoms with Crippen LogP contribution in [-0.2, 0) is 4.74 Å². The average molecular weight is 248 g/mol. The summed E-state index contributed by atoms with van der Waals surface area (Å²) in [6, 6.07) is 4.09. The molecule has 0 unspecified atom stereocenters. The van der Waals surface area contributed by atoms with Crippen LogP contribution < -0.4 is 5.32 Å². The molecule has 2 aromatic rings. The Labute approximate surface area is 107 Å². The maximum Gasteiger partial charge on any atom is 0.157 e. The van der Waals surface area contributed by atoms with Crippen molar-refractivity contribution in [2.24, 2.45) is 0 Å². The molecule has 2 heterocycles. The van der Waals surface area contributed by atoms with E-state index in [-0.39, 0.29) is 0 Å². The van der Waals surface area contributed by atoms with Gasteiger partial charge < -0.3 is 10.1 Å². The fraction of sp³-hybridized carbons (Fsp3) is 0.538. The normalized spacial score (nSPS) is 11.0. The maximum absolute atomic E-state index is 5.44. The zero-order valence-corrected chi connectivity index (χ0v) is 11.0. The van der Waals surface area contributed by atoms with Crippen LogP contribution in [0.5, 0.6) is 0 Å². The second-order valence-electron chi connectivity index (χ2n) is 4.34. The predicted molar refractivity (Wildman–Crippen MR) is 71.9 cm³/mol. The fourth-order valence-electron chi connectivity index (χ4n) is 1.82. The summed E-state index contributed by atoms with van der Waals surface area (Å²) in [6.45, 7) is 6.70. The van der Waals surface area contributed by atoms with E-state index in [1.165, 1.54) is 5.56 Å². The Balaban J connectivity index is 1.89. The summed E-state index contributed by atoms with van der Waals surface area (Å²) >= 11 is 0. The largest absolute Gasteiger partial charge is 0.381 e. The summed E-state index contributed by atoms with van der Waals surface area (Å²) < 4.78 is 7.26. The van der Waals surface area contributed by atoms with Crippen molar-refractivity contribution < 1.29 is 4.74 Å². The lowest BCUT2D eigenvalue weighted by molar-refractivity contribution is 0.134. The molecule has 2 aromatic heterocycles. The lowest BCUT2D eigenvalue weighted by atomic mass is 10.3. The molecule has 0 saturated heterocycles. The topological polar surface area (TPSA) is 51.5 Å². The van der Waals surface area contributed by atoms with Crippen LogP contribution in [0, 0.1) is 6.92 Å². The molecule has 5 heteroatoms. The number of ether oxygens (including phenoxy) is 1. The van der Waals surface area contributed by atoms with E-state index in [4.69, 9.17) is 4.74 Å². The minimum Gasteiger partial charge on any atom is -0.381 e. The molecule has 0 aromatic carbocycles. The second kappa shape index (κ2) is 6.35. The van der Waals surface area contributed by atoms with Crippen molar-refractivity contribution in [2.75, 3.05) is 25.1 Å². The van der Waals surface area contributed by atoms with Crippen molar-refractivity contribution in [1.29, 1.82) is 0 Å². The molecule has 0 fully saturated rings. The molecule has 0 radical (unpaired) electrons. The molecule has 0 spiro atoms. The van der Waals surface area contributed by atoms with E-state index in [1.807, 2.05) is 10.6 Å². The Morgan fingerprint density at radius 1 is 1.33 bits per heavy atom. The molecule has 0 bridgehead atoms. The molecular weight excluding hydrogens is 228 g/mol. The molecule has 98 valence electrons. The molecule has 0 aliphatic heterocycles. The third-order valence-electron chi connectivity index (χ3n) is 2.64. The quantitative estimate of drug-likeness (QED) is 0.764. The first kappa shape index (κ1) is 12.8. The number of pyridine rings is 1. The van der Waals surface area contributed by atoms with Gasteiger partial charge in [0.1, 0.15) is 12.1 Å². The van der Waals surface area contributed by atoms with Crippen LogP contribution in [0.4, 0.5) is 5.82 Å². The smallest absolute Gasteiger partial charge is 0.157 e. The number of hydrogen-bond donors (Lipinski definition) is 1. The van der Waals surface area contributed by atoms with E-state index in [0.717, 1.165) is 44.1 Å². The first-order valence-corrected chi connectivity index (χ1v) is 6.43. The highest BCUT2D eigenvalue weighted by atomic mass is 16.5. The van der Waals surface area contributed by atoms with Crippen molar-refractivity contribution in [3.8, 4) is 0 Å². The Morgan fingerprint density at radius 3 is 3.06 bits per heavy atom. The number of anilines is 1. The lowest BCUT2D eigenvalue weighted by Gasteiger charge is -2.09. The van der Waals surface area contributed by atoms with E-state index in [0.29, 0.717) is 0 Å². The molecule has 0 aliphatic rings. The van der Waals surface area contributed by atoms with Gasteiger partial charge in [-0.05, 0) is 37.5 Å². The highest BCUT2D eigenvalue weighted by molar-refractivity contribution is 5.51. The van der Waals surface area contributed by atoms with Crippen LogP contribution >= 0.6 is 0 Å². The highest BCUT2D eigenvalue weighted by Gasteiger charge is 2.02. The van der Waals surface area contributed by atoms with Crippen LogP contribution in [0.25, 0.3) is 5.65 Å². The maximum atomic E-state index is 5.44. The van der Waals surface area contributed by atoms with Crippen LogP contribution in [0.1, 0.15) is 25.3 Å². The third kappa shape index (κ3) is 3.20. The monoisotopic (exact) mass is 248 g/mol. The second-order valence-corrected chi connectivity index (χ2v) is 4.34. The van der Waals surface area contributed by atoms with Gasteiger partial charge in [0.2, 0.25) is 0 Å². The van der Waals surface area contributed by atoms with Gasteiger partial charge in [0.05, 0.1) is 0 Å². The van der Waals surface area contributed by atoms with Gasteiger partial charge in [-0.3, -0.25) is 0 Å². The zero-order valence-electron chi connectivity index (χ0n) is 11.0. The Morgan fingerprint density at radius 2 is 2.22 bits per heavy atom. The standard InChI is InChI=1S/C13H20N4O/c1-3-6-18-7-4-5-14-12-8-11(2)9-13-15-10-16-17(12)13/h8-10,14H,3-7H2,1-2H3. The van der Waals surface area contributed by atoms with Gasteiger partial charge >= 0.3 is 0 Å². The molecule has 18 heavy (non-hydrogen) atoms. The van der Waals surface area contributed by atoms with Crippen LogP contribution in [0.3, 0.4) is 0 Å². The Kier molecular flexibility index (Phi) is 4.52. The summed E-state index contributed by atoms with van der Waals surface area (Å²) in [7, 11) is 0. The Bertz CT molecular complexity index is 495. The van der Waals surface area contributed by atoms with Gasteiger partial charge in [-0.1, -0.05) is 6.92 Å². The molecule has 5 nitrogen and oxygen atoms in total. The van der Waals surface area contributed by atoms with Gasteiger partial charge in [0.15, 0.2) is 5.65 Å². The number of hydrogen-bond acceptors (Lipinski definition) is 4. The molecular formula is C13H20N4O. The SMILES string of the molecule is CCCOCCCNc1cc(C)cc2ncnn12. The number of nitrogens with zero attached hydrogens (tertiary/aromatic N) is 3. The lowest BCUT2D eigenvalue weighted by Crippen LogP contribution is -2.09. The summed E-state index contributed by atoms with van der Waals surface area (Å²) in [5, 5.41) is 7.57. The minimum absolute atomic E-state index is 0.799. The van der Waals surface area contributed by atoms with Gasteiger partial charge in [0.25, 0.3) is 0 Å². The number of aryl methyl sites for hydroxylation is 1. The first-order chi connectivity index (χ1) is 8.81. The number of rotatable bonds is 7. The molecule has 0 saturated carbocycles. The van der Waals surface area contributed by atoms with Gasteiger partial charge in [0, 0.05) is 19.8 Å². The van der Waals surface area contributed by atoms with E-state index in [9.17, 15) is 0 Å². The molecule has 0 atom stereocenters. The van der Waals surface area contributed by atoms with E-state index < -0.39 is 0 Å². The number of nitrogens with one attached hydrogen (secondary N) is 1. The summed E-state index contributed by atoms with van der Waals surface area (Å²) in [5.41, 5.74) is 2.06. The van der Waals surface area contributed by atoms with Crippen molar-refractivity contribution in [3.05, 3.63) is 24.0 Å². The van der Waals surface area contributed by atoms with E-state index in [1.54, 1.807) is 6.33 Å². The molecule has 1 N–H and O–H groups in total. The number of fused-ring (bicyclic) bond motifs is 1. The van der Waals surface area contributed by atoms with Gasteiger partial charge in [-0.25, -0.2) is 4.98 Å². The fourth-order valence-corrected chi connectivity index (χ4v) is 1.82. The molecule has 0 aliphatic carbocycles. The van der Waals surface area contributed by atoms with Crippen LogP contribution in [0.15, 0.2) is 18.5 Å². The number of aromatic nitrogens is 3. The average Bonchev–Trinajstić information content (AvgIpc) is 2.81. The van der Waals surface area contributed by atoms with Crippen molar-refractivity contribution in [1.82, 2.24) is 14.6 Å². The zero-order chi connectivity index (χ0) is 12.8. The summed E-state index contributed by atoms with van der Waals surface area (Å²) in [5.74, 6) is 0.984. The van der Waals surface area contributed by atoms with Gasteiger partial charge in [-0.15, -0.1) is 0 Å². The van der Waals surface area contributed by atoms with E-state index >= 15 is 0 Å². The summed E-state index contributed by atoms with van der Waals surface area (Å²) in [4.78, 5) is 4.20. The first-order valence-electron chi connectivity index (χ1n) is 6.43. The minimum atomic E-state index is 0.799. The molecule has 0 amide bonds. The van der Waals surface area contributed by atoms with Crippen molar-refractivity contribution in [2.45, 2.75) is 26.7 Å². The third-order valence-corrected chi connectivity index (χ3v) is 2.64. The van der Waals surface area contributed by atoms with E-state index in [2.05, 4.69) is 35.3 Å².